The van der Waals surface area contributed by atoms with Gasteiger partial charge >= 0.3 is 6.03 Å². The minimum atomic E-state index is -0.587. The summed E-state index contributed by atoms with van der Waals surface area (Å²) in [6.45, 7) is 2.04. The second-order valence-corrected chi connectivity index (χ2v) is 6.15. The van der Waals surface area contributed by atoms with Gasteiger partial charge in [0.25, 0.3) is 0 Å². The van der Waals surface area contributed by atoms with Crippen LogP contribution in [0, 0.1) is 0 Å². The fourth-order valence-corrected chi connectivity index (χ4v) is 3.30. The molecular weight excluding hydrogens is 286 g/mol. The van der Waals surface area contributed by atoms with Crippen molar-refractivity contribution in [1.82, 2.24) is 10.3 Å². The zero-order valence-electron chi connectivity index (χ0n) is 11.7. The van der Waals surface area contributed by atoms with Crippen molar-refractivity contribution in [2.75, 3.05) is 5.32 Å². The number of aliphatic hydroxyl groups excluding tert-OH is 1. The third-order valence-corrected chi connectivity index (χ3v) is 4.67. The molecule has 1 aromatic heterocycles. The lowest BCUT2D eigenvalue weighted by Gasteiger charge is -2.17. The van der Waals surface area contributed by atoms with E-state index in [1.165, 1.54) is 11.3 Å². The van der Waals surface area contributed by atoms with E-state index in [1.54, 1.807) is 6.20 Å². The number of urea groups is 1. The highest BCUT2D eigenvalue weighted by atomic mass is 32.1. The minimum absolute atomic E-state index is 0.340. The molecule has 0 saturated carbocycles. The number of rotatable bonds is 3. The van der Waals surface area contributed by atoms with Crippen molar-refractivity contribution in [2.24, 2.45) is 0 Å². The smallest absolute Gasteiger partial charge is 0.321 e. The summed E-state index contributed by atoms with van der Waals surface area (Å²) in [5.41, 5.74) is 2.06. The molecule has 6 heteroatoms. The summed E-state index contributed by atoms with van der Waals surface area (Å²) in [6, 6.07) is 7.06. The predicted molar refractivity (Wildman–Crippen MR) is 82.5 cm³/mol. The molecule has 1 aromatic carbocycles. The number of nitrogens with one attached hydrogen (secondary N) is 2. The van der Waals surface area contributed by atoms with Gasteiger partial charge in [-0.25, -0.2) is 9.78 Å². The normalized spacial score (nSPS) is 20.1. The van der Waals surface area contributed by atoms with Crippen LogP contribution in [0.5, 0.6) is 0 Å². The first-order chi connectivity index (χ1) is 10.2. The quantitative estimate of drug-likeness (QED) is 0.815. The molecule has 0 fully saturated rings. The molecule has 0 bridgehead atoms. The number of fused-ring (bicyclic) bond motifs is 1. The molecule has 0 radical (unpaired) electrons. The van der Waals surface area contributed by atoms with Gasteiger partial charge in [-0.3, -0.25) is 5.32 Å². The number of benzene rings is 1. The first kappa shape index (κ1) is 14.0. The van der Waals surface area contributed by atoms with Crippen LogP contribution in [0.1, 0.15) is 29.0 Å². The van der Waals surface area contributed by atoms with Crippen LogP contribution in [-0.4, -0.2) is 22.2 Å². The second kappa shape index (κ2) is 5.83. The number of thiazole rings is 1. The van der Waals surface area contributed by atoms with E-state index in [0.717, 1.165) is 22.4 Å². The van der Waals surface area contributed by atoms with Crippen LogP contribution in [0.15, 0.2) is 30.5 Å². The lowest BCUT2D eigenvalue weighted by atomic mass is 10.1. The number of carbonyl (C=O) groups is 1. The minimum Gasteiger partial charge on any atom is -0.390 e. The SMILES string of the molecule is CCc1cnc(NC(=O)N[C@H]2c3ccccc3C[C@H]2O)s1. The monoisotopic (exact) mass is 303 g/mol. The Morgan fingerprint density at radius 2 is 2.29 bits per heavy atom. The zero-order chi connectivity index (χ0) is 14.8. The van der Waals surface area contributed by atoms with Crippen LogP contribution >= 0.6 is 11.3 Å². The standard InChI is InChI=1S/C15H17N3O2S/c1-2-10-8-16-15(21-10)18-14(20)17-13-11-6-4-3-5-9(11)7-12(13)19/h3-6,8,12-13,19H,2,7H2,1H3,(H2,16,17,18,20)/t12-,13+/m1/s1. The Balaban J connectivity index is 1.67. The number of carbonyl (C=O) groups excluding carboxylic acids is 1. The summed E-state index contributed by atoms with van der Waals surface area (Å²) in [6.07, 6.45) is 2.64. The van der Waals surface area contributed by atoms with Gasteiger partial charge in [0.2, 0.25) is 0 Å². The molecule has 3 N–H and O–H groups in total. The average Bonchev–Trinajstić information content (AvgIpc) is 3.04. The van der Waals surface area contributed by atoms with Gasteiger partial charge in [-0.1, -0.05) is 31.2 Å². The molecular formula is C15H17N3O2S. The summed E-state index contributed by atoms with van der Waals surface area (Å²) < 4.78 is 0. The number of hydrogen-bond donors (Lipinski definition) is 3. The Kier molecular flexibility index (Phi) is 3.90. The Hall–Kier alpha value is -1.92. The van der Waals surface area contributed by atoms with Crippen LogP contribution in [0.25, 0.3) is 0 Å². The highest BCUT2D eigenvalue weighted by Gasteiger charge is 2.31. The molecule has 3 rings (SSSR count). The van der Waals surface area contributed by atoms with Crippen molar-refractivity contribution >= 4 is 22.5 Å². The van der Waals surface area contributed by atoms with Crippen molar-refractivity contribution in [2.45, 2.75) is 31.9 Å². The summed E-state index contributed by atoms with van der Waals surface area (Å²) in [5, 5.41) is 16.2. The van der Waals surface area contributed by atoms with Crippen molar-refractivity contribution in [3.8, 4) is 0 Å². The number of aromatic nitrogens is 1. The summed E-state index contributed by atoms with van der Waals surface area (Å²) in [4.78, 5) is 17.3. The molecule has 0 unspecified atom stereocenters. The van der Waals surface area contributed by atoms with E-state index in [0.29, 0.717) is 11.6 Å². The third-order valence-electron chi connectivity index (χ3n) is 3.61. The molecule has 1 aliphatic rings. The molecule has 21 heavy (non-hydrogen) atoms. The predicted octanol–water partition coefficient (Wildman–Crippen LogP) is 2.49. The van der Waals surface area contributed by atoms with Crippen LogP contribution in [0.3, 0.4) is 0 Å². The van der Waals surface area contributed by atoms with E-state index in [9.17, 15) is 9.90 Å². The van der Waals surface area contributed by atoms with Crippen molar-refractivity contribution in [3.63, 3.8) is 0 Å². The summed E-state index contributed by atoms with van der Waals surface area (Å²) in [7, 11) is 0. The number of nitrogens with zero attached hydrogens (tertiary/aromatic N) is 1. The van der Waals surface area contributed by atoms with E-state index in [2.05, 4.69) is 15.6 Å². The fraction of sp³-hybridized carbons (Fsp3) is 0.333. The van der Waals surface area contributed by atoms with Crippen molar-refractivity contribution in [3.05, 3.63) is 46.5 Å². The fourth-order valence-electron chi connectivity index (χ4n) is 2.55. The van der Waals surface area contributed by atoms with Crippen LogP contribution in [0.4, 0.5) is 9.93 Å². The number of aliphatic hydroxyl groups is 1. The molecule has 2 atom stereocenters. The van der Waals surface area contributed by atoms with Gasteiger partial charge in [-0.15, -0.1) is 11.3 Å². The lowest BCUT2D eigenvalue weighted by Crippen LogP contribution is -2.36. The Labute approximate surface area is 127 Å². The Bertz CT molecular complexity index is 656. The number of hydrogen-bond acceptors (Lipinski definition) is 4. The van der Waals surface area contributed by atoms with Gasteiger partial charge in [-0.05, 0) is 17.5 Å². The first-order valence-corrected chi connectivity index (χ1v) is 7.77. The number of amides is 2. The van der Waals surface area contributed by atoms with E-state index in [1.807, 2.05) is 31.2 Å². The van der Waals surface area contributed by atoms with Crippen molar-refractivity contribution in [1.29, 1.82) is 0 Å². The largest absolute Gasteiger partial charge is 0.390 e. The molecule has 1 heterocycles. The first-order valence-electron chi connectivity index (χ1n) is 6.95. The van der Waals surface area contributed by atoms with Crippen molar-refractivity contribution < 1.29 is 9.90 Å². The topological polar surface area (TPSA) is 74.2 Å². The van der Waals surface area contributed by atoms with Gasteiger partial charge in [0, 0.05) is 17.5 Å². The zero-order valence-corrected chi connectivity index (χ0v) is 12.5. The van der Waals surface area contributed by atoms with Gasteiger partial charge in [0.1, 0.15) is 0 Å². The summed E-state index contributed by atoms with van der Waals surface area (Å²) in [5.74, 6) is 0. The lowest BCUT2D eigenvalue weighted by molar-refractivity contribution is 0.144. The third kappa shape index (κ3) is 2.91. The van der Waals surface area contributed by atoms with Gasteiger partial charge in [0.05, 0.1) is 12.1 Å². The molecule has 2 aromatic rings. The molecule has 2 amide bonds. The van der Waals surface area contributed by atoms with Crippen LogP contribution < -0.4 is 10.6 Å². The average molecular weight is 303 g/mol. The second-order valence-electron chi connectivity index (χ2n) is 5.03. The summed E-state index contributed by atoms with van der Waals surface area (Å²) >= 11 is 1.46. The molecule has 1 aliphatic carbocycles. The maximum absolute atomic E-state index is 12.1. The molecule has 0 spiro atoms. The van der Waals surface area contributed by atoms with Crippen LogP contribution in [0.2, 0.25) is 0 Å². The highest BCUT2D eigenvalue weighted by Crippen LogP contribution is 2.31. The van der Waals surface area contributed by atoms with Gasteiger partial charge in [0.15, 0.2) is 5.13 Å². The number of anilines is 1. The van der Waals surface area contributed by atoms with E-state index >= 15 is 0 Å². The van der Waals surface area contributed by atoms with E-state index in [-0.39, 0.29) is 12.1 Å². The molecule has 110 valence electrons. The van der Waals surface area contributed by atoms with Gasteiger partial charge < -0.3 is 10.4 Å². The molecule has 0 aliphatic heterocycles. The molecule has 5 nitrogen and oxygen atoms in total. The highest BCUT2D eigenvalue weighted by molar-refractivity contribution is 7.15. The Morgan fingerprint density at radius 3 is 3.05 bits per heavy atom. The maximum atomic E-state index is 12.1. The molecule has 0 saturated heterocycles. The number of aryl methyl sites for hydroxylation is 1. The Morgan fingerprint density at radius 1 is 1.48 bits per heavy atom. The van der Waals surface area contributed by atoms with E-state index in [4.69, 9.17) is 0 Å². The van der Waals surface area contributed by atoms with E-state index < -0.39 is 6.10 Å². The maximum Gasteiger partial charge on any atom is 0.321 e. The van der Waals surface area contributed by atoms with Gasteiger partial charge in [-0.2, -0.15) is 0 Å². The van der Waals surface area contributed by atoms with Crippen LogP contribution in [-0.2, 0) is 12.8 Å².